The Hall–Kier alpha value is -0.850. The molecule has 1 aromatic carbocycles. The Morgan fingerprint density at radius 3 is 2.57 bits per heavy atom. The summed E-state index contributed by atoms with van der Waals surface area (Å²) in [5.74, 6) is 0.415. The van der Waals surface area contributed by atoms with Crippen LogP contribution in [0.4, 0.5) is 4.39 Å². The van der Waals surface area contributed by atoms with E-state index in [1.54, 1.807) is 12.1 Å². The van der Waals surface area contributed by atoms with E-state index in [0.717, 1.165) is 18.7 Å². The van der Waals surface area contributed by atoms with E-state index in [0.29, 0.717) is 12.5 Å². The first kappa shape index (κ1) is 18.2. The monoisotopic (exact) mass is 405 g/mol. The van der Waals surface area contributed by atoms with E-state index in [4.69, 9.17) is 5.73 Å². The van der Waals surface area contributed by atoms with Gasteiger partial charge in [0.25, 0.3) is 0 Å². The molecular weight excluding hydrogens is 380 g/mol. The Balaban J connectivity index is 0.00000220. The van der Waals surface area contributed by atoms with Crippen LogP contribution >= 0.6 is 24.0 Å². The molecule has 0 radical (unpaired) electrons. The van der Waals surface area contributed by atoms with Gasteiger partial charge >= 0.3 is 0 Å². The van der Waals surface area contributed by atoms with E-state index in [1.165, 1.54) is 25.3 Å². The van der Waals surface area contributed by atoms with E-state index < -0.39 is 0 Å². The minimum atomic E-state index is -0.220. The van der Waals surface area contributed by atoms with E-state index in [2.05, 4.69) is 23.7 Å². The van der Waals surface area contributed by atoms with Gasteiger partial charge in [-0.2, -0.15) is 0 Å². The quantitative estimate of drug-likeness (QED) is 0.475. The van der Waals surface area contributed by atoms with Crippen molar-refractivity contribution < 1.29 is 4.39 Å². The maximum Gasteiger partial charge on any atom is 0.191 e. The zero-order valence-electron chi connectivity index (χ0n) is 12.8. The molecule has 0 atom stereocenters. The number of hydrogen-bond acceptors (Lipinski definition) is 1. The molecule has 1 heterocycles. The third kappa shape index (κ3) is 5.13. The molecule has 2 N–H and O–H groups in total. The third-order valence-electron chi connectivity index (χ3n) is 3.92. The van der Waals surface area contributed by atoms with Gasteiger partial charge in [0.15, 0.2) is 5.96 Å². The summed E-state index contributed by atoms with van der Waals surface area (Å²) >= 11 is 0. The summed E-state index contributed by atoms with van der Waals surface area (Å²) in [6, 6.07) is 6.72. The molecule has 0 unspecified atom stereocenters. The van der Waals surface area contributed by atoms with Crippen molar-refractivity contribution in [2.75, 3.05) is 19.6 Å². The van der Waals surface area contributed by atoms with Crippen LogP contribution in [0.15, 0.2) is 29.3 Å². The number of likely N-dealkylation sites (tertiary alicyclic amines) is 1. The first-order valence-electron chi connectivity index (χ1n) is 7.30. The Morgan fingerprint density at radius 1 is 1.29 bits per heavy atom. The van der Waals surface area contributed by atoms with Crippen molar-refractivity contribution in [3.8, 4) is 0 Å². The standard InChI is InChI=1S/C16H24FN3.HI/c1-16(2,13-7-6-8-14(17)11-13)12-19-15(18)20-9-4-3-5-10-20;/h6-8,11H,3-5,9-10,12H2,1-2H3,(H2,18,19);1H. The normalized spacial score (nSPS) is 16.5. The Bertz CT molecular complexity index is 482. The van der Waals surface area contributed by atoms with Crippen molar-refractivity contribution in [2.45, 2.75) is 38.5 Å². The fraction of sp³-hybridized carbons (Fsp3) is 0.562. The Morgan fingerprint density at radius 2 is 1.95 bits per heavy atom. The lowest BCUT2D eigenvalue weighted by molar-refractivity contribution is 0.337. The predicted molar refractivity (Wildman–Crippen MR) is 96.8 cm³/mol. The molecule has 1 saturated heterocycles. The van der Waals surface area contributed by atoms with Crippen LogP contribution in [0.25, 0.3) is 0 Å². The van der Waals surface area contributed by atoms with Crippen LogP contribution in [0.3, 0.4) is 0 Å². The molecule has 0 saturated carbocycles. The van der Waals surface area contributed by atoms with Crippen LogP contribution in [0.2, 0.25) is 0 Å². The van der Waals surface area contributed by atoms with Crippen molar-refractivity contribution >= 4 is 29.9 Å². The molecule has 5 heteroatoms. The molecule has 0 aromatic heterocycles. The highest BCUT2D eigenvalue weighted by molar-refractivity contribution is 14.0. The lowest BCUT2D eigenvalue weighted by atomic mass is 9.85. The first-order chi connectivity index (χ1) is 9.49. The maximum absolute atomic E-state index is 13.3. The molecule has 3 nitrogen and oxygen atoms in total. The summed E-state index contributed by atoms with van der Waals surface area (Å²) in [5, 5.41) is 0. The van der Waals surface area contributed by atoms with Gasteiger partial charge in [0.05, 0.1) is 6.54 Å². The second-order valence-corrected chi connectivity index (χ2v) is 6.12. The highest BCUT2D eigenvalue weighted by Crippen LogP contribution is 2.24. The van der Waals surface area contributed by atoms with Crippen LogP contribution in [0.1, 0.15) is 38.7 Å². The van der Waals surface area contributed by atoms with Gasteiger partial charge in [0.1, 0.15) is 5.82 Å². The zero-order valence-corrected chi connectivity index (χ0v) is 15.1. The van der Waals surface area contributed by atoms with Gasteiger partial charge in [-0.1, -0.05) is 26.0 Å². The van der Waals surface area contributed by atoms with Gasteiger partial charge in [-0.15, -0.1) is 24.0 Å². The Labute approximate surface area is 143 Å². The smallest absolute Gasteiger partial charge is 0.191 e. The van der Waals surface area contributed by atoms with Gasteiger partial charge in [-0.05, 0) is 37.0 Å². The van der Waals surface area contributed by atoms with E-state index in [1.807, 2.05) is 6.07 Å². The van der Waals surface area contributed by atoms with Crippen molar-refractivity contribution in [1.82, 2.24) is 4.90 Å². The molecule has 0 amide bonds. The molecule has 0 bridgehead atoms. The largest absolute Gasteiger partial charge is 0.370 e. The molecule has 118 valence electrons. The van der Waals surface area contributed by atoms with Gasteiger partial charge in [-0.3, -0.25) is 4.99 Å². The third-order valence-corrected chi connectivity index (χ3v) is 3.92. The first-order valence-corrected chi connectivity index (χ1v) is 7.30. The minimum absolute atomic E-state index is 0. The number of benzene rings is 1. The Kier molecular flexibility index (Phi) is 6.90. The highest BCUT2D eigenvalue weighted by Gasteiger charge is 2.21. The van der Waals surface area contributed by atoms with Crippen LogP contribution in [-0.4, -0.2) is 30.5 Å². The van der Waals surface area contributed by atoms with Crippen molar-refractivity contribution in [2.24, 2.45) is 10.7 Å². The average Bonchev–Trinajstić information content (AvgIpc) is 2.46. The minimum Gasteiger partial charge on any atom is -0.370 e. The topological polar surface area (TPSA) is 41.6 Å². The highest BCUT2D eigenvalue weighted by atomic mass is 127. The van der Waals surface area contributed by atoms with Crippen LogP contribution in [0, 0.1) is 5.82 Å². The van der Waals surface area contributed by atoms with Gasteiger partial charge < -0.3 is 10.6 Å². The number of aliphatic imine (C=N–C) groups is 1. The second-order valence-electron chi connectivity index (χ2n) is 6.12. The average molecular weight is 405 g/mol. The lowest BCUT2D eigenvalue weighted by Gasteiger charge is -2.29. The van der Waals surface area contributed by atoms with Crippen molar-refractivity contribution in [3.63, 3.8) is 0 Å². The fourth-order valence-corrected chi connectivity index (χ4v) is 2.50. The summed E-state index contributed by atoms with van der Waals surface area (Å²) in [5.41, 5.74) is 6.80. The number of nitrogens with zero attached hydrogens (tertiary/aromatic N) is 2. The summed E-state index contributed by atoms with van der Waals surface area (Å²) in [4.78, 5) is 6.67. The van der Waals surface area contributed by atoms with Gasteiger partial charge in [0, 0.05) is 18.5 Å². The number of hydrogen-bond donors (Lipinski definition) is 1. The number of guanidine groups is 1. The van der Waals surface area contributed by atoms with Gasteiger partial charge in [-0.25, -0.2) is 4.39 Å². The molecule has 0 aliphatic carbocycles. The summed E-state index contributed by atoms with van der Waals surface area (Å²) in [7, 11) is 0. The van der Waals surface area contributed by atoms with Gasteiger partial charge in [0.2, 0.25) is 0 Å². The van der Waals surface area contributed by atoms with Crippen LogP contribution in [-0.2, 0) is 5.41 Å². The molecule has 1 aromatic rings. The molecular formula is C16H25FIN3. The number of halogens is 2. The summed E-state index contributed by atoms with van der Waals surface area (Å²) in [6.07, 6.45) is 3.64. The van der Waals surface area contributed by atoms with E-state index in [-0.39, 0.29) is 35.2 Å². The zero-order chi connectivity index (χ0) is 14.6. The van der Waals surface area contributed by atoms with Crippen molar-refractivity contribution in [3.05, 3.63) is 35.6 Å². The molecule has 2 rings (SSSR count). The number of nitrogens with two attached hydrogens (primary N) is 1. The molecule has 1 fully saturated rings. The summed E-state index contributed by atoms with van der Waals surface area (Å²) in [6.45, 7) is 6.69. The predicted octanol–water partition coefficient (Wildman–Crippen LogP) is 3.52. The molecule has 0 spiro atoms. The second kappa shape index (κ2) is 7.96. The molecule has 1 aliphatic rings. The van der Waals surface area contributed by atoms with E-state index >= 15 is 0 Å². The van der Waals surface area contributed by atoms with Crippen LogP contribution in [0.5, 0.6) is 0 Å². The lowest BCUT2D eigenvalue weighted by Crippen LogP contribution is -2.41. The molecule has 21 heavy (non-hydrogen) atoms. The molecule has 1 aliphatic heterocycles. The number of piperidine rings is 1. The SMILES string of the molecule is CC(C)(CN=C(N)N1CCCCC1)c1cccc(F)c1.I. The fourth-order valence-electron chi connectivity index (χ4n) is 2.50. The van der Waals surface area contributed by atoms with E-state index in [9.17, 15) is 4.39 Å². The number of rotatable bonds is 3. The maximum atomic E-state index is 13.3. The van der Waals surface area contributed by atoms with Crippen LogP contribution < -0.4 is 5.73 Å². The van der Waals surface area contributed by atoms with Crippen molar-refractivity contribution in [1.29, 1.82) is 0 Å². The summed E-state index contributed by atoms with van der Waals surface area (Å²) < 4.78 is 13.3.